The number of benzene rings is 1. The van der Waals surface area contributed by atoms with Crippen LogP contribution in [0.5, 0.6) is 0 Å². The van der Waals surface area contributed by atoms with Gasteiger partial charge in [0.2, 0.25) is 0 Å². The first-order chi connectivity index (χ1) is 9.47. The van der Waals surface area contributed by atoms with Gasteiger partial charge in [-0.2, -0.15) is 5.10 Å². The van der Waals surface area contributed by atoms with Crippen LogP contribution in [0.25, 0.3) is 0 Å². The summed E-state index contributed by atoms with van der Waals surface area (Å²) in [4.78, 5) is 0. The van der Waals surface area contributed by atoms with E-state index in [0.29, 0.717) is 12.0 Å². The van der Waals surface area contributed by atoms with Crippen molar-refractivity contribution in [3.63, 3.8) is 0 Å². The zero-order valence-corrected chi connectivity index (χ0v) is 11.6. The highest BCUT2D eigenvalue weighted by molar-refractivity contribution is 5.19. The Morgan fingerprint density at radius 1 is 1.15 bits per heavy atom. The number of halogens is 2. The summed E-state index contributed by atoms with van der Waals surface area (Å²) in [7, 11) is 1.82. The molecule has 108 valence electrons. The molecule has 1 N–H and O–H groups in total. The minimum absolute atomic E-state index is 0.210. The number of aliphatic hydroxyl groups excluding tert-OH is 1. The molecular formula is C15H18F2N2O. The second kappa shape index (κ2) is 6.13. The average Bonchev–Trinajstić information content (AvgIpc) is 2.68. The Labute approximate surface area is 116 Å². The van der Waals surface area contributed by atoms with Crippen molar-refractivity contribution >= 4 is 0 Å². The fraction of sp³-hybridized carbons (Fsp3) is 0.400. The molecule has 1 heterocycles. The summed E-state index contributed by atoms with van der Waals surface area (Å²) in [5.41, 5.74) is 2.32. The lowest BCUT2D eigenvalue weighted by Gasteiger charge is -2.11. The Bertz CT molecular complexity index is 575. The van der Waals surface area contributed by atoms with Crippen molar-refractivity contribution in [3.8, 4) is 0 Å². The van der Waals surface area contributed by atoms with E-state index in [1.54, 1.807) is 4.68 Å². The van der Waals surface area contributed by atoms with Crippen LogP contribution in [-0.4, -0.2) is 21.0 Å². The van der Waals surface area contributed by atoms with Gasteiger partial charge in [-0.15, -0.1) is 0 Å². The molecule has 0 radical (unpaired) electrons. The third-order valence-electron chi connectivity index (χ3n) is 3.23. The van der Waals surface area contributed by atoms with Crippen LogP contribution in [0, 0.1) is 11.6 Å². The molecule has 2 rings (SSSR count). The van der Waals surface area contributed by atoms with Crippen LogP contribution in [-0.2, 0) is 26.3 Å². The van der Waals surface area contributed by atoms with Crippen molar-refractivity contribution in [1.82, 2.24) is 9.78 Å². The molecule has 0 saturated heterocycles. The number of rotatable bonds is 5. The van der Waals surface area contributed by atoms with Gasteiger partial charge in [-0.1, -0.05) is 6.92 Å². The normalized spacial score (nSPS) is 12.7. The summed E-state index contributed by atoms with van der Waals surface area (Å²) in [6.45, 7) is 2.01. The zero-order valence-electron chi connectivity index (χ0n) is 11.6. The summed E-state index contributed by atoms with van der Waals surface area (Å²) in [5, 5.41) is 14.4. The first-order valence-corrected chi connectivity index (χ1v) is 6.62. The summed E-state index contributed by atoms with van der Waals surface area (Å²) in [6, 6.07) is 5.25. The highest BCUT2D eigenvalue weighted by atomic mass is 19.1. The minimum Gasteiger partial charge on any atom is -0.392 e. The molecular weight excluding hydrogens is 262 g/mol. The van der Waals surface area contributed by atoms with E-state index in [4.69, 9.17) is 0 Å². The number of aliphatic hydroxyl groups is 1. The van der Waals surface area contributed by atoms with Gasteiger partial charge in [0.15, 0.2) is 0 Å². The molecule has 1 atom stereocenters. The van der Waals surface area contributed by atoms with Crippen LogP contribution < -0.4 is 0 Å². The first kappa shape index (κ1) is 14.7. The lowest BCUT2D eigenvalue weighted by Crippen LogP contribution is -2.16. The molecule has 1 unspecified atom stereocenters. The third-order valence-corrected chi connectivity index (χ3v) is 3.23. The van der Waals surface area contributed by atoms with Gasteiger partial charge in [-0.25, -0.2) is 8.78 Å². The molecule has 0 aliphatic heterocycles. The molecule has 20 heavy (non-hydrogen) atoms. The number of hydrogen-bond donors (Lipinski definition) is 1. The molecule has 3 nitrogen and oxygen atoms in total. The van der Waals surface area contributed by atoms with Gasteiger partial charge in [-0.3, -0.25) is 4.68 Å². The molecule has 0 aliphatic carbocycles. The number of nitrogens with zero attached hydrogens (tertiary/aromatic N) is 2. The van der Waals surface area contributed by atoms with Gasteiger partial charge < -0.3 is 5.11 Å². The lowest BCUT2D eigenvalue weighted by atomic mass is 10.0. The topological polar surface area (TPSA) is 38.0 Å². The number of aromatic nitrogens is 2. The first-order valence-electron chi connectivity index (χ1n) is 6.62. The Kier molecular flexibility index (Phi) is 4.49. The summed E-state index contributed by atoms with van der Waals surface area (Å²) in [5.74, 6) is -1.25. The molecule has 0 aliphatic rings. The van der Waals surface area contributed by atoms with E-state index in [2.05, 4.69) is 5.10 Å². The Morgan fingerprint density at radius 2 is 1.80 bits per heavy atom. The molecule has 5 heteroatoms. The summed E-state index contributed by atoms with van der Waals surface area (Å²) in [6.07, 6.45) is 0.749. The SMILES string of the molecule is CCc1cc(CC(O)Cc2cc(F)cc(F)c2)n(C)n1. The molecule has 0 saturated carbocycles. The maximum Gasteiger partial charge on any atom is 0.126 e. The van der Waals surface area contributed by atoms with E-state index in [1.165, 1.54) is 12.1 Å². The van der Waals surface area contributed by atoms with Crippen molar-refractivity contribution in [2.24, 2.45) is 7.05 Å². The molecule has 2 aromatic rings. The third kappa shape index (κ3) is 3.63. The highest BCUT2D eigenvalue weighted by Gasteiger charge is 2.12. The van der Waals surface area contributed by atoms with E-state index >= 15 is 0 Å². The van der Waals surface area contributed by atoms with Crippen LogP contribution in [0.2, 0.25) is 0 Å². The monoisotopic (exact) mass is 280 g/mol. The van der Waals surface area contributed by atoms with E-state index in [-0.39, 0.29) is 6.42 Å². The Hall–Kier alpha value is -1.75. The molecule has 0 bridgehead atoms. The van der Waals surface area contributed by atoms with Crippen LogP contribution in [0.1, 0.15) is 23.9 Å². The highest BCUT2D eigenvalue weighted by Crippen LogP contribution is 2.13. The predicted octanol–water partition coefficient (Wildman–Crippen LogP) is 2.41. The van der Waals surface area contributed by atoms with E-state index in [0.717, 1.165) is 23.9 Å². The maximum absolute atomic E-state index is 13.1. The van der Waals surface area contributed by atoms with Crippen LogP contribution in [0.3, 0.4) is 0 Å². The maximum atomic E-state index is 13.1. The fourth-order valence-electron chi connectivity index (χ4n) is 2.25. The van der Waals surface area contributed by atoms with E-state index in [1.807, 2.05) is 20.0 Å². The fourth-order valence-corrected chi connectivity index (χ4v) is 2.25. The van der Waals surface area contributed by atoms with Crippen LogP contribution >= 0.6 is 0 Å². The molecule has 0 spiro atoms. The van der Waals surface area contributed by atoms with Gasteiger partial charge in [0, 0.05) is 25.2 Å². The smallest absolute Gasteiger partial charge is 0.126 e. The van der Waals surface area contributed by atoms with Crippen molar-refractivity contribution in [3.05, 3.63) is 52.9 Å². The van der Waals surface area contributed by atoms with Crippen molar-refractivity contribution in [2.75, 3.05) is 0 Å². The van der Waals surface area contributed by atoms with E-state index in [9.17, 15) is 13.9 Å². The molecule has 0 fully saturated rings. The summed E-state index contributed by atoms with van der Waals surface area (Å²) >= 11 is 0. The van der Waals surface area contributed by atoms with Gasteiger partial charge in [-0.05, 0) is 36.6 Å². The predicted molar refractivity (Wildman–Crippen MR) is 72.4 cm³/mol. The van der Waals surface area contributed by atoms with E-state index < -0.39 is 17.7 Å². The lowest BCUT2D eigenvalue weighted by molar-refractivity contribution is 0.172. The zero-order chi connectivity index (χ0) is 14.7. The van der Waals surface area contributed by atoms with Gasteiger partial charge >= 0.3 is 0 Å². The van der Waals surface area contributed by atoms with Crippen molar-refractivity contribution < 1.29 is 13.9 Å². The van der Waals surface area contributed by atoms with Crippen molar-refractivity contribution in [1.29, 1.82) is 0 Å². The Morgan fingerprint density at radius 3 is 2.35 bits per heavy atom. The number of aryl methyl sites for hydroxylation is 2. The molecule has 1 aromatic carbocycles. The van der Waals surface area contributed by atoms with Gasteiger partial charge in [0.25, 0.3) is 0 Å². The summed E-state index contributed by atoms with van der Waals surface area (Å²) < 4.78 is 27.9. The van der Waals surface area contributed by atoms with Gasteiger partial charge in [0.1, 0.15) is 11.6 Å². The quantitative estimate of drug-likeness (QED) is 0.913. The number of hydrogen-bond acceptors (Lipinski definition) is 2. The minimum atomic E-state index is -0.698. The molecule has 0 amide bonds. The van der Waals surface area contributed by atoms with Crippen LogP contribution in [0.4, 0.5) is 8.78 Å². The second-order valence-corrected chi connectivity index (χ2v) is 4.94. The Balaban J connectivity index is 2.04. The van der Waals surface area contributed by atoms with Crippen molar-refractivity contribution in [2.45, 2.75) is 32.3 Å². The molecule has 1 aromatic heterocycles. The average molecular weight is 280 g/mol. The second-order valence-electron chi connectivity index (χ2n) is 4.94. The van der Waals surface area contributed by atoms with Gasteiger partial charge in [0.05, 0.1) is 11.8 Å². The largest absolute Gasteiger partial charge is 0.392 e. The van der Waals surface area contributed by atoms with Crippen LogP contribution in [0.15, 0.2) is 24.3 Å². The standard InChI is InChI=1S/C15H18F2N2O/c1-3-13-8-14(19(2)18-13)9-15(20)6-10-4-11(16)7-12(17)5-10/h4-5,7-8,15,20H,3,6,9H2,1-2H3.